The number of halogens is 1. The first-order chi connectivity index (χ1) is 10.9. The Morgan fingerprint density at radius 3 is 2.39 bits per heavy atom. The molecular formula is C17H18FNO3S. The number of amides is 1. The number of nitrogens with one attached hydrogen (secondary N) is 1. The van der Waals surface area contributed by atoms with Gasteiger partial charge in [-0.25, -0.2) is 12.8 Å². The van der Waals surface area contributed by atoms with Gasteiger partial charge in [0.25, 0.3) is 0 Å². The molecule has 0 bridgehead atoms. The Labute approximate surface area is 135 Å². The van der Waals surface area contributed by atoms with Gasteiger partial charge >= 0.3 is 0 Å². The minimum atomic E-state index is -3.76. The van der Waals surface area contributed by atoms with E-state index in [1.165, 1.54) is 0 Å². The van der Waals surface area contributed by atoms with Gasteiger partial charge in [-0.3, -0.25) is 4.79 Å². The van der Waals surface area contributed by atoms with Crippen molar-refractivity contribution in [3.05, 3.63) is 65.5 Å². The van der Waals surface area contributed by atoms with Gasteiger partial charge in [0.05, 0.1) is 4.90 Å². The lowest BCUT2D eigenvalue weighted by atomic mass is 10.1. The van der Waals surface area contributed by atoms with Crippen LogP contribution in [-0.2, 0) is 21.1 Å². The Morgan fingerprint density at radius 1 is 1.09 bits per heavy atom. The van der Waals surface area contributed by atoms with Gasteiger partial charge in [-0.05, 0) is 48.7 Å². The second-order valence-corrected chi connectivity index (χ2v) is 7.23. The quantitative estimate of drug-likeness (QED) is 0.824. The Balaban J connectivity index is 1.89. The fourth-order valence-electron chi connectivity index (χ4n) is 2.18. The van der Waals surface area contributed by atoms with Gasteiger partial charge < -0.3 is 5.32 Å². The lowest BCUT2D eigenvalue weighted by Crippen LogP contribution is -2.31. The van der Waals surface area contributed by atoms with Crippen LogP contribution in [0.1, 0.15) is 11.1 Å². The van der Waals surface area contributed by atoms with Gasteiger partial charge in [-0.2, -0.15) is 0 Å². The average molecular weight is 335 g/mol. The van der Waals surface area contributed by atoms with Gasteiger partial charge in [-0.15, -0.1) is 0 Å². The molecule has 0 radical (unpaired) electrons. The number of rotatable bonds is 6. The maximum absolute atomic E-state index is 12.8. The van der Waals surface area contributed by atoms with E-state index < -0.39 is 27.3 Å². The van der Waals surface area contributed by atoms with Crippen molar-refractivity contribution in [1.29, 1.82) is 0 Å². The predicted octanol–water partition coefficient (Wildman–Crippen LogP) is 2.27. The molecule has 0 heterocycles. The summed E-state index contributed by atoms with van der Waals surface area (Å²) in [5.74, 6) is -1.73. The lowest BCUT2D eigenvalue weighted by Gasteiger charge is -2.08. The summed E-state index contributed by atoms with van der Waals surface area (Å²) in [6, 6.07) is 12.2. The zero-order valence-electron chi connectivity index (χ0n) is 12.8. The normalized spacial score (nSPS) is 11.2. The molecule has 122 valence electrons. The molecule has 0 fully saturated rings. The van der Waals surface area contributed by atoms with E-state index in [0.29, 0.717) is 13.0 Å². The zero-order valence-corrected chi connectivity index (χ0v) is 13.6. The first-order valence-electron chi connectivity index (χ1n) is 7.18. The van der Waals surface area contributed by atoms with Crippen molar-refractivity contribution in [2.24, 2.45) is 0 Å². The number of sulfone groups is 1. The third kappa shape index (κ3) is 4.89. The molecule has 0 atom stereocenters. The molecule has 1 N–H and O–H groups in total. The molecule has 0 aromatic heterocycles. The summed E-state index contributed by atoms with van der Waals surface area (Å²) < 4.78 is 36.9. The molecule has 23 heavy (non-hydrogen) atoms. The first-order valence-corrected chi connectivity index (χ1v) is 8.83. The van der Waals surface area contributed by atoms with Gasteiger partial charge in [0.1, 0.15) is 11.6 Å². The molecule has 2 aromatic carbocycles. The zero-order chi connectivity index (χ0) is 16.9. The molecule has 2 rings (SSSR count). The Hall–Kier alpha value is -2.21. The SMILES string of the molecule is Cc1ccccc1CCNC(=O)CS(=O)(=O)c1ccc(F)cc1. The third-order valence-corrected chi connectivity index (χ3v) is 5.10. The third-order valence-electron chi connectivity index (χ3n) is 3.47. The average Bonchev–Trinajstić information content (AvgIpc) is 2.49. The highest BCUT2D eigenvalue weighted by Crippen LogP contribution is 2.12. The Morgan fingerprint density at radius 2 is 1.74 bits per heavy atom. The molecule has 0 saturated carbocycles. The van der Waals surface area contributed by atoms with Crippen LogP contribution < -0.4 is 5.32 Å². The summed E-state index contributed by atoms with van der Waals surface area (Å²) in [6.45, 7) is 2.35. The van der Waals surface area contributed by atoms with Crippen molar-refractivity contribution in [3.63, 3.8) is 0 Å². The standard InChI is InChI=1S/C17H18FNO3S/c1-13-4-2-3-5-14(13)10-11-19-17(20)12-23(21,22)16-8-6-15(18)7-9-16/h2-9H,10-12H2,1H3,(H,19,20). The number of hydrogen-bond acceptors (Lipinski definition) is 3. The van der Waals surface area contributed by atoms with E-state index in [4.69, 9.17) is 0 Å². The smallest absolute Gasteiger partial charge is 0.235 e. The molecule has 6 heteroatoms. The van der Waals surface area contributed by atoms with Crippen LogP contribution in [0.3, 0.4) is 0 Å². The predicted molar refractivity (Wildman–Crippen MR) is 86.3 cm³/mol. The van der Waals surface area contributed by atoms with E-state index in [-0.39, 0.29) is 4.90 Å². The van der Waals surface area contributed by atoms with E-state index >= 15 is 0 Å². The van der Waals surface area contributed by atoms with Crippen molar-refractivity contribution >= 4 is 15.7 Å². The number of carbonyl (C=O) groups excluding carboxylic acids is 1. The van der Waals surface area contributed by atoms with E-state index in [2.05, 4.69) is 5.32 Å². The summed E-state index contributed by atoms with van der Waals surface area (Å²) in [7, 11) is -3.76. The summed E-state index contributed by atoms with van der Waals surface area (Å²) >= 11 is 0. The Bertz CT molecular complexity index is 786. The monoisotopic (exact) mass is 335 g/mol. The molecule has 4 nitrogen and oxygen atoms in total. The van der Waals surface area contributed by atoms with E-state index in [1.807, 2.05) is 31.2 Å². The fraction of sp³-hybridized carbons (Fsp3) is 0.235. The number of aryl methyl sites for hydroxylation is 1. The van der Waals surface area contributed by atoms with Crippen LogP contribution in [0, 0.1) is 12.7 Å². The van der Waals surface area contributed by atoms with Gasteiger partial charge in [0, 0.05) is 6.54 Å². The van der Waals surface area contributed by atoms with Crippen LogP contribution in [-0.4, -0.2) is 26.6 Å². The lowest BCUT2D eigenvalue weighted by molar-refractivity contribution is -0.118. The molecule has 0 aliphatic rings. The fourth-order valence-corrected chi connectivity index (χ4v) is 3.34. The largest absolute Gasteiger partial charge is 0.355 e. The van der Waals surface area contributed by atoms with Crippen LogP contribution in [0.25, 0.3) is 0 Å². The van der Waals surface area contributed by atoms with E-state index in [1.54, 1.807) is 0 Å². The van der Waals surface area contributed by atoms with Crippen LogP contribution in [0.2, 0.25) is 0 Å². The second kappa shape index (κ2) is 7.37. The molecule has 0 aliphatic carbocycles. The van der Waals surface area contributed by atoms with Gasteiger partial charge in [0.15, 0.2) is 9.84 Å². The van der Waals surface area contributed by atoms with Crippen molar-refractivity contribution in [2.75, 3.05) is 12.3 Å². The number of benzene rings is 2. The number of hydrogen-bond donors (Lipinski definition) is 1. The van der Waals surface area contributed by atoms with E-state index in [9.17, 15) is 17.6 Å². The highest BCUT2D eigenvalue weighted by Gasteiger charge is 2.19. The topological polar surface area (TPSA) is 63.2 Å². The van der Waals surface area contributed by atoms with Gasteiger partial charge in [0.2, 0.25) is 5.91 Å². The number of carbonyl (C=O) groups is 1. The van der Waals surface area contributed by atoms with Crippen molar-refractivity contribution in [1.82, 2.24) is 5.32 Å². The minimum absolute atomic E-state index is 0.0621. The molecule has 2 aromatic rings. The molecular weight excluding hydrogens is 317 g/mol. The Kier molecular flexibility index (Phi) is 5.50. The summed E-state index contributed by atoms with van der Waals surface area (Å²) in [4.78, 5) is 11.7. The minimum Gasteiger partial charge on any atom is -0.355 e. The van der Waals surface area contributed by atoms with Crippen LogP contribution in [0.4, 0.5) is 4.39 Å². The summed E-state index contributed by atoms with van der Waals surface area (Å²) in [5.41, 5.74) is 2.23. The van der Waals surface area contributed by atoms with Crippen LogP contribution in [0.15, 0.2) is 53.4 Å². The van der Waals surface area contributed by atoms with Gasteiger partial charge in [-0.1, -0.05) is 24.3 Å². The highest BCUT2D eigenvalue weighted by atomic mass is 32.2. The molecule has 0 aliphatic heterocycles. The highest BCUT2D eigenvalue weighted by molar-refractivity contribution is 7.92. The van der Waals surface area contributed by atoms with Crippen LogP contribution >= 0.6 is 0 Å². The molecule has 0 saturated heterocycles. The second-order valence-electron chi connectivity index (χ2n) is 5.24. The summed E-state index contributed by atoms with van der Waals surface area (Å²) in [6.07, 6.45) is 0.634. The van der Waals surface area contributed by atoms with Crippen molar-refractivity contribution in [2.45, 2.75) is 18.2 Å². The molecule has 0 spiro atoms. The molecule has 1 amide bonds. The first kappa shape index (κ1) is 17.1. The maximum atomic E-state index is 12.8. The maximum Gasteiger partial charge on any atom is 0.235 e. The molecule has 0 unspecified atom stereocenters. The van der Waals surface area contributed by atoms with Crippen LogP contribution in [0.5, 0.6) is 0 Å². The van der Waals surface area contributed by atoms with E-state index in [0.717, 1.165) is 35.4 Å². The summed E-state index contributed by atoms with van der Waals surface area (Å²) in [5, 5.41) is 2.60. The van der Waals surface area contributed by atoms with Crippen molar-refractivity contribution < 1.29 is 17.6 Å². The van der Waals surface area contributed by atoms with Crippen molar-refractivity contribution in [3.8, 4) is 0 Å².